The lowest BCUT2D eigenvalue weighted by Gasteiger charge is -2.25. The lowest BCUT2D eigenvalue weighted by atomic mass is 9.89. The van der Waals surface area contributed by atoms with E-state index in [2.05, 4.69) is 0 Å². The minimum atomic E-state index is -0.355. The molecule has 1 fully saturated rings. The number of amides is 1. The number of carbonyl (C=O) groups is 2. The van der Waals surface area contributed by atoms with E-state index in [1.807, 2.05) is 6.07 Å². The van der Waals surface area contributed by atoms with Crippen LogP contribution in [-0.4, -0.2) is 38.2 Å². The van der Waals surface area contributed by atoms with Gasteiger partial charge in [0.25, 0.3) is 5.91 Å². The van der Waals surface area contributed by atoms with Crippen molar-refractivity contribution in [2.24, 2.45) is 5.92 Å². The van der Waals surface area contributed by atoms with Crippen LogP contribution in [-0.2, 0) is 14.3 Å². The zero-order chi connectivity index (χ0) is 19.1. The number of esters is 1. The number of nitriles is 1. The van der Waals surface area contributed by atoms with Crippen molar-refractivity contribution in [1.29, 1.82) is 5.26 Å². The molecule has 1 amide bonds. The molecule has 1 aliphatic carbocycles. The Bertz CT molecular complexity index is 722. The second-order valence-electron chi connectivity index (χ2n) is 6.72. The van der Waals surface area contributed by atoms with Crippen LogP contribution in [0.1, 0.15) is 38.5 Å². The van der Waals surface area contributed by atoms with E-state index in [1.165, 1.54) is 4.90 Å². The Balaban J connectivity index is 1.65. The van der Waals surface area contributed by atoms with Gasteiger partial charge in [0, 0.05) is 18.3 Å². The van der Waals surface area contributed by atoms with Crippen molar-refractivity contribution in [3.63, 3.8) is 0 Å². The Morgan fingerprint density at radius 2 is 1.89 bits per heavy atom. The molecule has 0 aromatic heterocycles. The van der Waals surface area contributed by atoms with Crippen LogP contribution >= 0.6 is 0 Å². The summed E-state index contributed by atoms with van der Waals surface area (Å²) in [5.74, 6) is 0.430. The summed E-state index contributed by atoms with van der Waals surface area (Å²) >= 11 is 0. The van der Waals surface area contributed by atoms with Crippen LogP contribution < -0.4 is 14.4 Å². The van der Waals surface area contributed by atoms with Gasteiger partial charge in [0.1, 0.15) is 13.2 Å². The van der Waals surface area contributed by atoms with Gasteiger partial charge in [-0.25, -0.2) is 0 Å². The third-order valence-corrected chi connectivity index (χ3v) is 4.86. The third kappa shape index (κ3) is 4.91. The van der Waals surface area contributed by atoms with Crippen LogP contribution in [0.5, 0.6) is 11.5 Å². The van der Waals surface area contributed by atoms with Crippen molar-refractivity contribution >= 4 is 17.6 Å². The molecule has 27 heavy (non-hydrogen) atoms. The molecule has 0 saturated heterocycles. The third-order valence-electron chi connectivity index (χ3n) is 4.86. The first-order valence-corrected chi connectivity index (χ1v) is 9.42. The minimum absolute atomic E-state index is 0.103. The van der Waals surface area contributed by atoms with Gasteiger partial charge in [-0.3, -0.25) is 9.59 Å². The molecule has 0 unspecified atom stereocenters. The van der Waals surface area contributed by atoms with Gasteiger partial charge in [-0.1, -0.05) is 19.3 Å². The highest BCUT2D eigenvalue weighted by molar-refractivity contribution is 5.95. The van der Waals surface area contributed by atoms with E-state index in [0.717, 1.165) is 32.1 Å². The highest BCUT2D eigenvalue weighted by atomic mass is 16.6. The predicted octanol–water partition coefficient (Wildman–Crippen LogP) is 2.83. The summed E-state index contributed by atoms with van der Waals surface area (Å²) in [4.78, 5) is 26.3. The van der Waals surface area contributed by atoms with Crippen molar-refractivity contribution in [1.82, 2.24) is 0 Å². The Morgan fingerprint density at radius 1 is 1.15 bits per heavy atom. The molecular formula is C20H24N2O5. The molecule has 1 aromatic carbocycles. The Hall–Kier alpha value is -2.75. The SMILES string of the molecule is N#CCCN(C(=O)COC(=O)C1CCCCC1)c1ccc2c(c1)OCCO2. The first-order chi connectivity index (χ1) is 13.2. The Labute approximate surface area is 158 Å². The number of carbonyl (C=O) groups excluding carboxylic acids is 2. The molecule has 0 radical (unpaired) electrons. The zero-order valence-corrected chi connectivity index (χ0v) is 15.3. The maximum atomic E-state index is 12.7. The Kier molecular flexibility index (Phi) is 6.53. The molecule has 3 rings (SSSR count). The average molecular weight is 372 g/mol. The van der Waals surface area contributed by atoms with Gasteiger partial charge in [-0.2, -0.15) is 5.26 Å². The molecule has 0 N–H and O–H groups in total. The summed E-state index contributed by atoms with van der Waals surface area (Å²) in [5, 5.41) is 8.91. The molecule has 1 saturated carbocycles. The summed E-state index contributed by atoms with van der Waals surface area (Å²) in [6.45, 7) is 0.827. The molecule has 7 heteroatoms. The monoisotopic (exact) mass is 372 g/mol. The molecule has 2 aliphatic rings. The smallest absolute Gasteiger partial charge is 0.309 e. The molecule has 7 nitrogen and oxygen atoms in total. The number of anilines is 1. The number of hydrogen-bond donors (Lipinski definition) is 0. The van der Waals surface area contributed by atoms with Crippen LogP contribution in [0.15, 0.2) is 18.2 Å². The van der Waals surface area contributed by atoms with E-state index in [1.54, 1.807) is 18.2 Å². The summed E-state index contributed by atoms with van der Waals surface area (Å²) in [6.07, 6.45) is 5.03. The number of rotatable bonds is 6. The van der Waals surface area contributed by atoms with E-state index < -0.39 is 0 Å². The molecule has 1 aromatic rings. The predicted molar refractivity (Wildman–Crippen MR) is 97.5 cm³/mol. The average Bonchev–Trinajstić information content (AvgIpc) is 2.72. The normalized spacial score (nSPS) is 16.3. The topological polar surface area (TPSA) is 88.9 Å². The second kappa shape index (κ2) is 9.26. The molecule has 1 heterocycles. The second-order valence-corrected chi connectivity index (χ2v) is 6.72. The van der Waals surface area contributed by atoms with Gasteiger partial charge >= 0.3 is 5.97 Å². The number of hydrogen-bond acceptors (Lipinski definition) is 6. The van der Waals surface area contributed by atoms with Crippen LogP contribution in [0.2, 0.25) is 0 Å². The fourth-order valence-electron chi connectivity index (χ4n) is 3.43. The van der Waals surface area contributed by atoms with Gasteiger partial charge in [-0.15, -0.1) is 0 Å². The maximum Gasteiger partial charge on any atom is 0.309 e. The lowest BCUT2D eigenvalue weighted by Crippen LogP contribution is -2.36. The maximum absolute atomic E-state index is 12.7. The van der Waals surface area contributed by atoms with E-state index in [9.17, 15) is 9.59 Å². The molecule has 0 bridgehead atoms. The van der Waals surface area contributed by atoms with Gasteiger partial charge in [0.15, 0.2) is 18.1 Å². The number of fused-ring (bicyclic) bond motifs is 1. The summed E-state index contributed by atoms with van der Waals surface area (Å²) in [7, 11) is 0. The van der Waals surface area contributed by atoms with Gasteiger partial charge in [0.2, 0.25) is 0 Å². The molecular weight excluding hydrogens is 348 g/mol. The molecule has 144 valence electrons. The van der Waals surface area contributed by atoms with Gasteiger partial charge < -0.3 is 19.1 Å². The number of benzene rings is 1. The quantitative estimate of drug-likeness (QED) is 0.714. The number of nitrogens with zero attached hydrogens (tertiary/aromatic N) is 2. The van der Waals surface area contributed by atoms with Gasteiger partial charge in [0.05, 0.1) is 18.4 Å². The fourth-order valence-corrected chi connectivity index (χ4v) is 3.43. The molecule has 1 aliphatic heterocycles. The summed E-state index contributed by atoms with van der Waals surface area (Å²) in [6, 6.07) is 7.24. The van der Waals surface area contributed by atoms with Gasteiger partial charge in [-0.05, 0) is 25.0 Å². The van der Waals surface area contributed by atoms with Crippen molar-refractivity contribution in [2.45, 2.75) is 38.5 Å². The van der Waals surface area contributed by atoms with Crippen molar-refractivity contribution in [3.05, 3.63) is 18.2 Å². The van der Waals surface area contributed by atoms with Crippen LogP contribution in [0.4, 0.5) is 5.69 Å². The number of ether oxygens (including phenoxy) is 3. The first-order valence-electron chi connectivity index (χ1n) is 9.42. The fraction of sp³-hybridized carbons (Fsp3) is 0.550. The standard InChI is InChI=1S/C20H24N2O5/c21-9-4-10-22(16-7-8-17-18(13-16)26-12-11-25-17)19(23)14-27-20(24)15-5-2-1-3-6-15/h7-8,13,15H,1-6,10-12,14H2. The van der Waals surface area contributed by atoms with E-state index in [0.29, 0.717) is 30.4 Å². The molecule has 0 spiro atoms. The lowest BCUT2D eigenvalue weighted by molar-refractivity contribution is -0.153. The van der Waals surface area contributed by atoms with Crippen LogP contribution in [0.25, 0.3) is 0 Å². The highest BCUT2D eigenvalue weighted by Crippen LogP contribution is 2.34. The van der Waals surface area contributed by atoms with Crippen LogP contribution in [0, 0.1) is 17.2 Å². The van der Waals surface area contributed by atoms with E-state index in [-0.39, 0.29) is 37.4 Å². The van der Waals surface area contributed by atoms with Crippen molar-refractivity contribution < 1.29 is 23.8 Å². The Morgan fingerprint density at radius 3 is 2.63 bits per heavy atom. The molecule has 0 atom stereocenters. The summed E-state index contributed by atoms with van der Waals surface area (Å²) in [5.41, 5.74) is 0.591. The minimum Gasteiger partial charge on any atom is -0.486 e. The van der Waals surface area contributed by atoms with Crippen molar-refractivity contribution in [2.75, 3.05) is 31.3 Å². The summed E-state index contributed by atoms with van der Waals surface area (Å²) < 4.78 is 16.3. The largest absolute Gasteiger partial charge is 0.486 e. The zero-order valence-electron chi connectivity index (χ0n) is 15.3. The van der Waals surface area contributed by atoms with E-state index in [4.69, 9.17) is 19.5 Å². The first kappa shape index (κ1) is 19.0. The van der Waals surface area contributed by atoms with Crippen molar-refractivity contribution in [3.8, 4) is 17.6 Å². The highest BCUT2D eigenvalue weighted by Gasteiger charge is 2.25. The van der Waals surface area contributed by atoms with E-state index >= 15 is 0 Å². The van der Waals surface area contributed by atoms with Crippen LogP contribution in [0.3, 0.4) is 0 Å².